The number of pyridine rings is 1. The van der Waals surface area contributed by atoms with E-state index < -0.39 is 0 Å². The van der Waals surface area contributed by atoms with Crippen LogP contribution >= 0.6 is 0 Å². The van der Waals surface area contributed by atoms with Crippen LogP contribution in [0.4, 0.5) is 0 Å². The molecule has 1 aromatic heterocycles. The molecule has 1 aliphatic carbocycles. The molecule has 3 nitrogen and oxygen atoms in total. The van der Waals surface area contributed by atoms with E-state index in [1.54, 1.807) is 6.20 Å². The van der Waals surface area contributed by atoms with Crippen LogP contribution in [0.15, 0.2) is 18.3 Å². The van der Waals surface area contributed by atoms with Crippen molar-refractivity contribution in [3.8, 4) is 5.88 Å². The molecule has 1 fully saturated rings. The monoisotopic (exact) mass is 234 g/mol. The molecular weight excluding hydrogens is 212 g/mol. The topological polar surface area (TPSA) is 48.1 Å². The third kappa shape index (κ3) is 3.19. The van der Waals surface area contributed by atoms with Gasteiger partial charge in [-0.1, -0.05) is 13.8 Å². The fourth-order valence-corrected chi connectivity index (χ4v) is 2.42. The molecule has 0 aromatic carbocycles. The smallest absolute Gasteiger partial charge is 0.213 e. The van der Waals surface area contributed by atoms with Crippen molar-refractivity contribution in [2.45, 2.75) is 45.8 Å². The Labute approximate surface area is 103 Å². The fraction of sp³-hybridized carbons (Fsp3) is 0.643. The lowest BCUT2D eigenvalue weighted by atomic mass is 9.80. The summed E-state index contributed by atoms with van der Waals surface area (Å²) < 4.78 is 5.95. The molecule has 0 radical (unpaired) electrons. The van der Waals surface area contributed by atoms with E-state index in [9.17, 15) is 0 Å². The van der Waals surface area contributed by atoms with Crippen molar-refractivity contribution in [1.29, 1.82) is 0 Å². The maximum atomic E-state index is 5.95. The third-order valence-electron chi connectivity index (χ3n) is 3.87. The molecular formula is C14H22N2O. The van der Waals surface area contributed by atoms with Crippen molar-refractivity contribution in [1.82, 2.24) is 4.98 Å². The molecule has 3 heteroatoms. The molecule has 2 rings (SSSR count). The van der Waals surface area contributed by atoms with E-state index in [2.05, 4.69) is 18.8 Å². The average Bonchev–Trinajstić information content (AvgIpc) is 2.34. The maximum Gasteiger partial charge on any atom is 0.213 e. The van der Waals surface area contributed by atoms with Crippen LogP contribution < -0.4 is 10.5 Å². The minimum Gasteiger partial charge on any atom is -0.474 e. The number of nitrogens with zero attached hydrogens (tertiary/aromatic N) is 1. The number of aromatic nitrogens is 1. The average molecular weight is 234 g/mol. The molecule has 17 heavy (non-hydrogen) atoms. The van der Waals surface area contributed by atoms with Crippen LogP contribution in [-0.2, 0) is 6.54 Å². The van der Waals surface area contributed by atoms with Gasteiger partial charge in [-0.15, -0.1) is 0 Å². The summed E-state index contributed by atoms with van der Waals surface area (Å²) in [6.45, 7) is 5.18. The van der Waals surface area contributed by atoms with Crippen LogP contribution in [0.3, 0.4) is 0 Å². The molecule has 0 aliphatic heterocycles. The summed E-state index contributed by atoms with van der Waals surface area (Å²) in [6, 6.07) is 3.88. The lowest BCUT2D eigenvalue weighted by molar-refractivity contribution is 0.0964. The lowest BCUT2D eigenvalue weighted by Gasteiger charge is -2.31. The molecule has 3 atom stereocenters. The quantitative estimate of drug-likeness (QED) is 0.874. The summed E-state index contributed by atoms with van der Waals surface area (Å²) in [4.78, 5) is 4.25. The second-order valence-corrected chi connectivity index (χ2v) is 5.21. The van der Waals surface area contributed by atoms with E-state index in [0.717, 1.165) is 36.1 Å². The second-order valence-electron chi connectivity index (χ2n) is 5.21. The Bertz CT molecular complexity index is 367. The molecule has 94 valence electrons. The SMILES string of the molecule is CC1CCC(Oc2cc(CN)ccn2)CC1C. The summed E-state index contributed by atoms with van der Waals surface area (Å²) in [6.07, 6.45) is 5.62. The van der Waals surface area contributed by atoms with Crippen LogP contribution in [-0.4, -0.2) is 11.1 Å². The molecule has 3 unspecified atom stereocenters. The molecule has 1 aromatic rings. The Hall–Kier alpha value is -1.09. The van der Waals surface area contributed by atoms with Gasteiger partial charge in [-0.3, -0.25) is 0 Å². The fourth-order valence-electron chi connectivity index (χ4n) is 2.42. The molecule has 0 bridgehead atoms. The zero-order valence-corrected chi connectivity index (χ0v) is 10.7. The maximum absolute atomic E-state index is 5.95. The highest BCUT2D eigenvalue weighted by Crippen LogP contribution is 2.31. The Kier molecular flexibility index (Phi) is 4.00. The Balaban J connectivity index is 1.96. The number of hydrogen-bond acceptors (Lipinski definition) is 3. The first-order valence-corrected chi connectivity index (χ1v) is 6.50. The predicted octanol–water partition coefficient (Wildman–Crippen LogP) is 2.74. The molecule has 1 saturated carbocycles. The van der Waals surface area contributed by atoms with Crippen molar-refractivity contribution in [2.75, 3.05) is 0 Å². The van der Waals surface area contributed by atoms with Gasteiger partial charge in [-0.25, -0.2) is 4.98 Å². The summed E-state index contributed by atoms with van der Waals surface area (Å²) in [7, 11) is 0. The van der Waals surface area contributed by atoms with E-state index in [1.165, 1.54) is 6.42 Å². The van der Waals surface area contributed by atoms with Gasteiger partial charge in [0.1, 0.15) is 6.10 Å². The van der Waals surface area contributed by atoms with E-state index in [0.29, 0.717) is 12.6 Å². The molecule has 0 amide bonds. The van der Waals surface area contributed by atoms with Gasteiger partial charge >= 0.3 is 0 Å². The molecule has 0 saturated heterocycles. The van der Waals surface area contributed by atoms with Gasteiger partial charge in [0.25, 0.3) is 0 Å². The normalized spacial score (nSPS) is 29.0. The van der Waals surface area contributed by atoms with Crippen molar-refractivity contribution < 1.29 is 4.74 Å². The number of rotatable bonds is 3. The van der Waals surface area contributed by atoms with Gasteiger partial charge in [-0.05, 0) is 42.7 Å². The largest absolute Gasteiger partial charge is 0.474 e. The summed E-state index contributed by atoms with van der Waals surface area (Å²) >= 11 is 0. The van der Waals surface area contributed by atoms with E-state index in [4.69, 9.17) is 10.5 Å². The summed E-state index contributed by atoms with van der Waals surface area (Å²) in [5.74, 6) is 2.28. The molecule has 1 heterocycles. The van der Waals surface area contributed by atoms with Gasteiger partial charge < -0.3 is 10.5 Å². The highest BCUT2D eigenvalue weighted by molar-refractivity contribution is 5.20. The predicted molar refractivity (Wildman–Crippen MR) is 68.7 cm³/mol. The number of hydrogen-bond donors (Lipinski definition) is 1. The minimum absolute atomic E-state index is 0.321. The number of nitrogens with two attached hydrogens (primary N) is 1. The van der Waals surface area contributed by atoms with Crippen LogP contribution in [0.25, 0.3) is 0 Å². The third-order valence-corrected chi connectivity index (χ3v) is 3.87. The van der Waals surface area contributed by atoms with Crippen LogP contribution in [0.1, 0.15) is 38.7 Å². The molecule has 2 N–H and O–H groups in total. The van der Waals surface area contributed by atoms with Crippen molar-refractivity contribution in [3.05, 3.63) is 23.9 Å². The highest BCUT2D eigenvalue weighted by atomic mass is 16.5. The first-order valence-electron chi connectivity index (χ1n) is 6.50. The highest BCUT2D eigenvalue weighted by Gasteiger charge is 2.25. The van der Waals surface area contributed by atoms with E-state index in [1.807, 2.05) is 12.1 Å². The Morgan fingerprint density at radius 2 is 2.18 bits per heavy atom. The summed E-state index contributed by atoms with van der Waals surface area (Å²) in [5, 5.41) is 0. The van der Waals surface area contributed by atoms with Gasteiger partial charge in [-0.2, -0.15) is 0 Å². The lowest BCUT2D eigenvalue weighted by Crippen LogP contribution is -2.29. The van der Waals surface area contributed by atoms with Gasteiger partial charge in [0.05, 0.1) is 0 Å². The standard InChI is InChI=1S/C14H22N2O/c1-10-3-4-13(7-11(10)2)17-14-8-12(9-15)5-6-16-14/h5-6,8,10-11,13H,3-4,7,9,15H2,1-2H3. The van der Waals surface area contributed by atoms with Crippen molar-refractivity contribution >= 4 is 0 Å². The number of ether oxygens (including phenoxy) is 1. The van der Waals surface area contributed by atoms with E-state index >= 15 is 0 Å². The van der Waals surface area contributed by atoms with Crippen molar-refractivity contribution in [2.24, 2.45) is 17.6 Å². The first-order chi connectivity index (χ1) is 8.19. The zero-order chi connectivity index (χ0) is 12.3. The van der Waals surface area contributed by atoms with Crippen LogP contribution in [0, 0.1) is 11.8 Å². The van der Waals surface area contributed by atoms with Gasteiger partial charge in [0.2, 0.25) is 5.88 Å². The van der Waals surface area contributed by atoms with Gasteiger partial charge in [0, 0.05) is 18.8 Å². The minimum atomic E-state index is 0.321. The first kappa shape index (κ1) is 12.4. The van der Waals surface area contributed by atoms with Crippen LogP contribution in [0.2, 0.25) is 0 Å². The second kappa shape index (κ2) is 5.50. The molecule has 1 aliphatic rings. The zero-order valence-electron chi connectivity index (χ0n) is 10.7. The Morgan fingerprint density at radius 3 is 2.88 bits per heavy atom. The Morgan fingerprint density at radius 1 is 1.35 bits per heavy atom. The van der Waals surface area contributed by atoms with Gasteiger partial charge in [0.15, 0.2) is 0 Å². The van der Waals surface area contributed by atoms with E-state index in [-0.39, 0.29) is 0 Å². The molecule has 0 spiro atoms. The summed E-state index contributed by atoms with van der Waals surface area (Å²) in [5.41, 5.74) is 6.68. The van der Waals surface area contributed by atoms with Crippen LogP contribution in [0.5, 0.6) is 5.88 Å². The van der Waals surface area contributed by atoms with Crippen molar-refractivity contribution in [3.63, 3.8) is 0 Å².